The molecule has 1 atom stereocenters. The first-order valence-corrected chi connectivity index (χ1v) is 14.7. The molecule has 222 valence electrons. The van der Waals surface area contributed by atoms with Crippen LogP contribution in [0.25, 0.3) is 11.1 Å². The van der Waals surface area contributed by atoms with Gasteiger partial charge in [-0.1, -0.05) is 36.4 Å². The van der Waals surface area contributed by atoms with Crippen molar-refractivity contribution in [2.45, 2.75) is 17.6 Å². The van der Waals surface area contributed by atoms with Crippen LogP contribution in [0, 0.1) is 0 Å². The number of anilines is 1. The predicted octanol–water partition coefficient (Wildman–Crippen LogP) is 4.15. The van der Waals surface area contributed by atoms with E-state index in [0.29, 0.717) is 34.7 Å². The number of aliphatic hydroxyl groups excluding tert-OH is 1. The van der Waals surface area contributed by atoms with Crippen LogP contribution in [0.15, 0.2) is 89.8 Å². The highest BCUT2D eigenvalue weighted by molar-refractivity contribution is 7.92. The second kappa shape index (κ2) is 12.5. The molecule has 0 spiro atoms. The number of carbonyl (C=O) groups is 2. The maximum Gasteiger partial charge on any atom is 0.336 e. The number of aliphatic hydroxyl groups is 1. The first-order chi connectivity index (χ1) is 20.6. The van der Waals surface area contributed by atoms with E-state index in [9.17, 15) is 28.2 Å². The summed E-state index contributed by atoms with van der Waals surface area (Å²) in [4.78, 5) is 23.0. The van der Waals surface area contributed by atoms with Crippen molar-refractivity contribution in [1.29, 1.82) is 0 Å². The highest BCUT2D eigenvalue weighted by Crippen LogP contribution is 2.31. The quantitative estimate of drug-likeness (QED) is 0.166. The molecule has 12 heteroatoms. The molecule has 11 nitrogen and oxygen atoms in total. The van der Waals surface area contributed by atoms with Gasteiger partial charge in [0.1, 0.15) is 24.7 Å². The molecular weight excluding hydrogens is 576 g/mol. The van der Waals surface area contributed by atoms with Gasteiger partial charge in [0.25, 0.3) is 10.0 Å². The van der Waals surface area contributed by atoms with Crippen LogP contribution in [0.3, 0.4) is 0 Å². The van der Waals surface area contributed by atoms with Crippen LogP contribution >= 0.6 is 0 Å². The lowest BCUT2D eigenvalue weighted by Crippen LogP contribution is -2.27. The third-order valence-electron chi connectivity index (χ3n) is 6.79. The number of hydrogen-bond donors (Lipinski definition) is 5. The Bertz CT molecular complexity index is 1770. The van der Waals surface area contributed by atoms with Crippen molar-refractivity contribution < 1.29 is 42.8 Å². The minimum Gasteiger partial charge on any atom is -0.492 e. The number of sulfonamides is 1. The van der Waals surface area contributed by atoms with Gasteiger partial charge in [-0.25, -0.2) is 18.0 Å². The summed E-state index contributed by atoms with van der Waals surface area (Å²) in [5, 5.41) is 32.6. The van der Waals surface area contributed by atoms with E-state index in [-0.39, 0.29) is 41.5 Å². The largest absolute Gasteiger partial charge is 0.492 e. The Kier molecular flexibility index (Phi) is 8.62. The van der Waals surface area contributed by atoms with Crippen LogP contribution < -0.4 is 19.5 Å². The van der Waals surface area contributed by atoms with Crippen LogP contribution in [-0.2, 0) is 16.6 Å². The Balaban J connectivity index is 1.17. The molecule has 0 radical (unpaired) electrons. The number of benzene rings is 4. The summed E-state index contributed by atoms with van der Waals surface area (Å²) in [6, 6.07) is 22.0. The lowest BCUT2D eigenvalue weighted by Gasteiger charge is -2.20. The van der Waals surface area contributed by atoms with Gasteiger partial charge in [-0.15, -0.1) is 0 Å². The third-order valence-corrected chi connectivity index (χ3v) is 8.15. The molecule has 1 aliphatic heterocycles. The maximum absolute atomic E-state index is 13.0. The molecule has 5 N–H and O–H groups in total. The summed E-state index contributed by atoms with van der Waals surface area (Å²) in [7, 11) is -3.88. The number of nitrogens with one attached hydrogen (secondary N) is 2. The van der Waals surface area contributed by atoms with Gasteiger partial charge in [-0.2, -0.15) is 0 Å². The normalized spacial score (nSPS) is 14.1. The van der Waals surface area contributed by atoms with E-state index >= 15 is 0 Å². The van der Waals surface area contributed by atoms with E-state index in [2.05, 4.69) is 10.0 Å². The second-order valence-electron chi connectivity index (χ2n) is 9.75. The van der Waals surface area contributed by atoms with E-state index in [1.807, 2.05) is 0 Å². The fraction of sp³-hybridized carbons (Fsp3) is 0.161. The second-order valence-corrected chi connectivity index (χ2v) is 11.4. The molecule has 4 aromatic rings. The van der Waals surface area contributed by atoms with Crippen LogP contribution in [-0.4, -0.2) is 55.4 Å². The average Bonchev–Trinajstić information content (AvgIpc) is 2.99. The van der Waals surface area contributed by atoms with E-state index in [4.69, 9.17) is 14.6 Å². The van der Waals surface area contributed by atoms with Crippen LogP contribution in [0.1, 0.15) is 37.9 Å². The number of carboxylic acid groups (broad SMARTS) is 2. The van der Waals surface area contributed by atoms with E-state index in [1.165, 1.54) is 18.2 Å². The molecule has 1 aliphatic rings. The van der Waals surface area contributed by atoms with E-state index in [0.717, 1.165) is 11.6 Å². The predicted molar refractivity (Wildman–Crippen MR) is 157 cm³/mol. The van der Waals surface area contributed by atoms with Gasteiger partial charge in [0.05, 0.1) is 27.8 Å². The van der Waals surface area contributed by atoms with Crippen molar-refractivity contribution in [1.82, 2.24) is 5.32 Å². The molecule has 0 aromatic heterocycles. The van der Waals surface area contributed by atoms with Crippen molar-refractivity contribution in [3.8, 4) is 22.6 Å². The number of carboxylic acids is 2. The van der Waals surface area contributed by atoms with E-state index in [1.54, 1.807) is 60.7 Å². The molecule has 1 unspecified atom stereocenters. The zero-order chi connectivity index (χ0) is 30.6. The first kappa shape index (κ1) is 29.6. The average molecular weight is 605 g/mol. The summed E-state index contributed by atoms with van der Waals surface area (Å²) in [6.07, 6.45) is -1.03. The first-order valence-electron chi connectivity index (χ1n) is 13.2. The molecule has 5 rings (SSSR count). The zero-order valence-electron chi connectivity index (χ0n) is 22.7. The Morgan fingerprint density at radius 1 is 0.953 bits per heavy atom. The summed E-state index contributed by atoms with van der Waals surface area (Å²) in [5.74, 6) is -1.45. The Morgan fingerprint density at radius 3 is 2.49 bits per heavy atom. The van der Waals surface area contributed by atoms with Gasteiger partial charge in [-0.3, -0.25) is 4.72 Å². The molecule has 1 heterocycles. The topological polar surface area (TPSA) is 171 Å². The summed E-state index contributed by atoms with van der Waals surface area (Å²) < 4.78 is 40.0. The van der Waals surface area contributed by atoms with Gasteiger partial charge >= 0.3 is 11.9 Å². The van der Waals surface area contributed by atoms with Gasteiger partial charge in [0.2, 0.25) is 0 Å². The lowest BCUT2D eigenvalue weighted by atomic mass is 9.97. The van der Waals surface area contributed by atoms with Crippen molar-refractivity contribution in [3.05, 3.63) is 107 Å². The molecule has 4 bridgehead atoms. The Morgan fingerprint density at radius 2 is 1.74 bits per heavy atom. The minimum absolute atomic E-state index is 0.100. The van der Waals surface area contributed by atoms with Gasteiger partial charge in [0, 0.05) is 24.7 Å². The zero-order valence-corrected chi connectivity index (χ0v) is 23.5. The number of aromatic carboxylic acids is 2. The molecular formula is C31H28N2O9S. The molecule has 0 amide bonds. The van der Waals surface area contributed by atoms with Crippen LogP contribution in [0.5, 0.6) is 11.5 Å². The van der Waals surface area contributed by atoms with Crippen molar-refractivity contribution in [2.75, 3.05) is 24.4 Å². The van der Waals surface area contributed by atoms with Crippen molar-refractivity contribution in [2.24, 2.45) is 0 Å². The summed E-state index contributed by atoms with van der Waals surface area (Å²) in [5.41, 5.74) is 2.06. The fourth-order valence-electron chi connectivity index (χ4n) is 4.60. The number of ether oxygens (including phenoxy) is 2. The number of rotatable bonds is 10. The van der Waals surface area contributed by atoms with Gasteiger partial charge in [-0.05, 0) is 59.2 Å². The highest BCUT2D eigenvalue weighted by Gasteiger charge is 2.22. The van der Waals surface area contributed by atoms with Crippen LogP contribution in [0.4, 0.5) is 5.69 Å². The third kappa shape index (κ3) is 6.95. The van der Waals surface area contributed by atoms with E-state index < -0.39 is 28.1 Å². The molecule has 4 aromatic carbocycles. The summed E-state index contributed by atoms with van der Waals surface area (Å²) >= 11 is 0. The Hall–Kier alpha value is -4.91. The Labute approximate surface area is 247 Å². The van der Waals surface area contributed by atoms with Gasteiger partial charge < -0.3 is 30.1 Å². The number of hydrogen-bond acceptors (Lipinski definition) is 8. The maximum atomic E-state index is 13.0. The SMILES string of the molecule is O=C(O)c1ccc(-c2ccc(OCCNCC(O)c3ccc4cc3NS(=O)(=O)c3cccc(c3)CO4)cc2)c(C(=O)O)c1. The summed E-state index contributed by atoms with van der Waals surface area (Å²) in [6.45, 7) is 0.950. The lowest BCUT2D eigenvalue weighted by molar-refractivity contribution is 0.0696. The monoisotopic (exact) mass is 604 g/mol. The highest BCUT2D eigenvalue weighted by atomic mass is 32.2. The molecule has 0 aliphatic carbocycles. The van der Waals surface area contributed by atoms with Gasteiger partial charge in [0.15, 0.2) is 0 Å². The van der Waals surface area contributed by atoms with Crippen LogP contribution in [0.2, 0.25) is 0 Å². The minimum atomic E-state index is -3.88. The molecule has 0 saturated carbocycles. The standard InChI is InChI=1S/C31H28N2O9S/c34-29(26-11-9-23-16-28(26)33-43(39,40)24-3-1-2-19(14-24)18-42-23)17-32-12-13-41-22-7-4-20(5-8-22)25-10-6-21(30(35)36)15-27(25)31(37)38/h1-11,14-16,29,32-34H,12-13,17-18H2,(H,35,36)(H,37,38). The number of fused-ring (bicyclic) bond motifs is 4. The smallest absolute Gasteiger partial charge is 0.336 e. The molecule has 43 heavy (non-hydrogen) atoms. The molecule has 0 saturated heterocycles. The van der Waals surface area contributed by atoms with Crippen molar-refractivity contribution >= 4 is 27.6 Å². The van der Waals surface area contributed by atoms with Crippen molar-refractivity contribution in [3.63, 3.8) is 0 Å². The molecule has 0 fully saturated rings. The fourth-order valence-corrected chi connectivity index (χ4v) is 5.75.